The summed E-state index contributed by atoms with van der Waals surface area (Å²) < 4.78 is 58.8. The van der Waals surface area contributed by atoms with Crippen LogP contribution in [-0.4, -0.2) is 255 Å². The molecular weight excluding hydrogens is 1600 g/mol. The second-order valence-corrected chi connectivity index (χ2v) is 33.6. The lowest BCUT2D eigenvalue weighted by Gasteiger charge is -2.44. The number of Topliss-reactive ketones (excluding diaryl/α,β-unsaturated/α-hetero) is 6. The quantitative estimate of drug-likeness (QED) is 0.0175. The molecule has 1 aromatic rings. The second kappa shape index (κ2) is 58.2. The summed E-state index contributed by atoms with van der Waals surface area (Å²) in [7, 11) is 0. The van der Waals surface area contributed by atoms with E-state index in [4.69, 9.17) is 62.3 Å². The summed E-state index contributed by atoms with van der Waals surface area (Å²) in [5, 5.41) is 21.2. The number of rotatable bonds is 63. The molecule has 35 nitrogen and oxygen atoms in total. The Morgan fingerprint density at radius 1 is 0.390 bits per heavy atom. The van der Waals surface area contributed by atoms with Crippen molar-refractivity contribution < 1.29 is 120 Å². The highest BCUT2D eigenvalue weighted by atomic mass is 16.7. The maximum atomic E-state index is 13.8. The SMILES string of the molecule is CC(=O)NC1C(OCCCCC(=O)CCCCCC(=O)CCNc2nc(N3CCN(C(=O)CCCC(=O)O)CC3)nc(N(CCC(=O)CCCCCC(=O)CCCCOC3OC(COC(C)=O)C(C)C(C)C3NC(C)=O)COCCC(=O)CCCCCC(=O)CCCCOC3OC(COC(C)=O)C(C)C(C)C3NC(C)=O)n2)OC(COC(C)=O)C(C)C1C. The molecule has 5 N–H and O–H groups in total. The normalized spacial score (nSPS) is 23.2. The fourth-order valence-electron chi connectivity index (χ4n) is 15.4. The van der Waals surface area contributed by atoms with Crippen molar-refractivity contribution in [3.8, 4) is 0 Å². The van der Waals surface area contributed by atoms with E-state index in [-0.39, 0.29) is 222 Å². The number of hydrogen-bond donors (Lipinski definition) is 5. The molecule has 35 heteroatoms. The highest BCUT2D eigenvalue weighted by Crippen LogP contribution is 2.36. The summed E-state index contributed by atoms with van der Waals surface area (Å²) in [5.74, 6) is -2.54. The van der Waals surface area contributed by atoms with Crippen molar-refractivity contribution in [3.05, 3.63) is 0 Å². The number of hydrogen-bond acceptors (Lipinski definition) is 30. The molecule has 15 unspecified atom stereocenters. The Morgan fingerprint density at radius 3 is 1.10 bits per heavy atom. The fraction of sp³-hybridized carbons (Fsp3) is 0.807. The number of amides is 4. The number of aromatic nitrogens is 3. The number of esters is 3. The molecule has 123 heavy (non-hydrogen) atoms. The lowest BCUT2D eigenvalue weighted by molar-refractivity contribution is -0.244. The number of carboxylic acids is 1. The maximum Gasteiger partial charge on any atom is 0.303 e. The van der Waals surface area contributed by atoms with Crippen LogP contribution in [0.2, 0.25) is 0 Å². The number of ether oxygens (including phenoxy) is 10. The number of piperazine rings is 1. The number of nitrogens with one attached hydrogen (secondary N) is 4. The van der Waals surface area contributed by atoms with Crippen LogP contribution < -0.4 is 31.1 Å². The van der Waals surface area contributed by atoms with Gasteiger partial charge in [0.2, 0.25) is 41.5 Å². The van der Waals surface area contributed by atoms with Gasteiger partial charge in [0.25, 0.3) is 0 Å². The Hall–Kier alpha value is -8.09. The third-order valence-electron chi connectivity index (χ3n) is 23.6. The Labute approximate surface area is 726 Å². The topological polar surface area (TPSA) is 448 Å². The molecular formula is C88H144N10O25. The van der Waals surface area contributed by atoms with Gasteiger partial charge < -0.3 is 88.4 Å². The smallest absolute Gasteiger partial charge is 0.303 e. The summed E-state index contributed by atoms with van der Waals surface area (Å²) in [5.41, 5.74) is 0. The fourth-order valence-corrected chi connectivity index (χ4v) is 15.4. The first-order valence-corrected chi connectivity index (χ1v) is 44.9. The van der Waals surface area contributed by atoms with E-state index in [0.717, 1.165) is 0 Å². The zero-order valence-electron chi connectivity index (χ0n) is 75.2. The molecule has 0 bridgehead atoms. The number of ketones is 6. The van der Waals surface area contributed by atoms with Gasteiger partial charge in [0.1, 0.15) is 61.3 Å². The summed E-state index contributed by atoms with van der Waals surface area (Å²) in [4.78, 5) is 195. The van der Waals surface area contributed by atoms with Gasteiger partial charge in [-0.05, 0) is 119 Å². The lowest BCUT2D eigenvalue weighted by atomic mass is 9.82. The lowest BCUT2D eigenvalue weighted by Crippen LogP contribution is -2.58. The highest BCUT2D eigenvalue weighted by molar-refractivity contribution is 5.82. The van der Waals surface area contributed by atoms with Crippen molar-refractivity contribution >= 4 is 100 Å². The van der Waals surface area contributed by atoms with Crippen LogP contribution in [0.25, 0.3) is 0 Å². The number of carbonyl (C=O) groups is 14. The van der Waals surface area contributed by atoms with Gasteiger partial charge >= 0.3 is 23.9 Å². The van der Waals surface area contributed by atoms with Crippen LogP contribution in [0.5, 0.6) is 0 Å². The molecule has 1 aromatic heterocycles. The van der Waals surface area contributed by atoms with E-state index >= 15 is 0 Å². The third kappa shape index (κ3) is 41.7. The van der Waals surface area contributed by atoms with Crippen LogP contribution >= 0.6 is 0 Å². The Kier molecular flexibility index (Phi) is 49.9. The molecule has 0 saturated carbocycles. The Balaban J connectivity index is 1.15. The van der Waals surface area contributed by atoms with Crippen molar-refractivity contribution in [1.29, 1.82) is 0 Å². The van der Waals surface area contributed by atoms with Crippen LogP contribution in [0.3, 0.4) is 0 Å². The van der Waals surface area contributed by atoms with Gasteiger partial charge in [0.05, 0.1) is 43.0 Å². The van der Waals surface area contributed by atoms with Crippen LogP contribution in [0.1, 0.15) is 276 Å². The molecule has 0 aliphatic carbocycles. The molecule has 0 aromatic carbocycles. The Bertz CT molecular complexity index is 3490. The number of nitrogens with zero attached hydrogens (tertiary/aromatic N) is 6. The molecule has 5 rings (SSSR count). The minimum absolute atomic E-state index is 0.0131. The zero-order valence-corrected chi connectivity index (χ0v) is 75.2. The molecule has 696 valence electrons. The van der Waals surface area contributed by atoms with Gasteiger partial charge in [0, 0.05) is 191 Å². The predicted octanol–water partition coefficient (Wildman–Crippen LogP) is 9.16. The number of anilines is 3. The summed E-state index contributed by atoms with van der Waals surface area (Å²) in [6, 6.07) is -1.24. The molecule has 5 heterocycles. The number of aliphatic carboxylic acids is 1. The first-order chi connectivity index (χ1) is 58.7. The van der Waals surface area contributed by atoms with Crippen LogP contribution in [0.4, 0.5) is 17.8 Å². The van der Waals surface area contributed by atoms with Crippen molar-refractivity contribution in [2.24, 2.45) is 35.5 Å². The minimum Gasteiger partial charge on any atom is -0.481 e. The molecule has 4 aliphatic rings. The maximum absolute atomic E-state index is 13.8. The van der Waals surface area contributed by atoms with Crippen LogP contribution in [0, 0.1) is 35.5 Å². The molecule has 4 saturated heterocycles. The molecule has 4 amide bonds. The monoisotopic (exact) mass is 1740 g/mol. The largest absolute Gasteiger partial charge is 0.481 e. The standard InChI is InChI=1S/C88H144N10O25/c1-57-60(4)80(90-63(7)99)83(121-75(57)53-118-66(10)102)115-49-25-22-35-69(105)29-16-13-19-32-72(108)40-43-89-86-93-87(97-47-45-96(46-48-97)78(111)38-28-39-79(112)113)95-88(94-86)98(44-41-73(109)33-20-14-17-30-70(106)36-23-26-50-116-84-81(91-64(8)100)61(5)58(2)76(122-84)54-119-67(11)103)56-114-52-42-74(110)34-21-15-18-31-71(107)37-24-27-51-117-85-82(92-65(9)101)62(6)59(3)77(123-85)55-120-68(12)104/h57-62,75-77,80-85H,13-56H2,1-12H3,(H,90,99)(H,91,100)(H,92,101)(H,112,113)(H,89,93,94,95). The van der Waals surface area contributed by atoms with Crippen LogP contribution in [0.15, 0.2) is 0 Å². The van der Waals surface area contributed by atoms with Gasteiger partial charge in [-0.2, -0.15) is 15.0 Å². The first kappa shape index (κ1) is 105. The molecule has 0 radical (unpaired) electrons. The Morgan fingerprint density at radius 2 is 0.740 bits per heavy atom. The van der Waals surface area contributed by atoms with Crippen molar-refractivity contribution in [2.45, 2.75) is 331 Å². The van der Waals surface area contributed by atoms with E-state index in [1.54, 1.807) is 9.80 Å². The highest BCUT2D eigenvalue weighted by Gasteiger charge is 2.46. The molecule has 0 spiro atoms. The molecule has 15 atom stereocenters. The molecule has 4 fully saturated rings. The van der Waals surface area contributed by atoms with E-state index < -0.39 is 79.2 Å². The minimum atomic E-state index is -0.987. The second-order valence-electron chi connectivity index (χ2n) is 33.6. The van der Waals surface area contributed by atoms with E-state index in [0.29, 0.717) is 174 Å². The molecule has 4 aliphatic heterocycles. The third-order valence-corrected chi connectivity index (χ3v) is 23.6. The van der Waals surface area contributed by atoms with Gasteiger partial charge in [-0.1, -0.05) is 60.8 Å². The van der Waals surface area contributed by atoms with E-state index in [2.05, 4.69) is 21.3 Å². The van der Waals surface area contributed by atoms with E-state index in [9.17, 15) is 72.2 Å². The first-order valence-electron chi connectivity index (χ1n) is 44.9. The van der Waals surface area contributed by atoms with Crippen molar-refractivity contribution in [1.82, 2.24) is 35.8 Å². The van der Waals surface area contributed by atoms with E-state index in [1.807, 2.05) is 46.4 Å². The summed E-state index contributed by atoms with van der Waals surface area (Å²) >= 11 is 0. The van der Waals surface area contributed by atoms with Gasteiger partial charge in [-0.3, -0.25) is 67.1 Å². The average Bonchev–Trinajstić information content (AvgIpc) is 0.826. The zero-order chi connectivity index (χ0) is 90.3. The summed E-state index contributed by atoms with van der Waals surface area (Å²) in [6.07, 6.45) is 8.85. The van der Waals surface area contributed by atoms with Crippen molar-refractivity contribution in [3.63, 3.8) is 0 Å². The van der Waals surface area contributed by atoms with Gasteiger partial charge in [0.15, 0.2) is 18.9 Å². The van der Waals surface area contributed by atoms with Crippen molar-refractivity contribution in [2.75, 3.05) is 107 Å². The van der Waals surface area contributed by atoms with Gasteiger partial charge in [-0.25, -0.2) is 0 Å². The average molecular weight is 1740 g/mol. The van der Waals surface area contributed by atoms with Crippen LogP contribution in [-0.2, 0) is 114 Å². The van der Waals surface area contributed by atoms with E-state index in [1.165, 1.54) is 41.5 Å². The van der Waals surface area contributed by atoms with Gasteiger partial charge in [-0.15, -0.1) is 0 Å². The predicted molar refractivity (Wildman–Crippen MR) is 453 cm³/mol. The summed E-state index contributed by atoms with van der Waals surface area (Å²) in [6.45, 7) is 22.7. The number of carbonyl (C=O) groups excluding carboxylic acids is 13. The number of carboxylic acid groups (broad SMARTS) is 1. The number of unbranched alkanes of at least 4 members (excludes halogenated alkanes) is 9.